The van der Waals surface area contributed by atoms with Crippen LogP contribution >= 0.6 is 0 Å². The van der Waals surface area contributed by atoms with Crippen molar-refractivity contribution in [2.24, 2.45) is 0 Å². The number of hydrogen-bond acceptors (Lipinski definition) is 4. The molecule has 0 saturated carbocycles. The fraction of sp³-hybridized carbons (Fsp3) is 0.786. The summed E-state index contributed by atoms with van der Waals surface area (Å²) >= 11 is 0. The maximum atomic E-state index is 12.6. The van der Waals surface area contributed by atoms with Gasteiger partial charge < -0.3 is 4.90 Å². The van der Waals surface area contributed by atoms with E-state index in [0.717, 1.165) is 12.8 Å². The molecule has 0 unspecified atom stereocenters. The molecule has 2 aliphatic heterocycles. The Morgan fingerprint density at radius 2 is 1.81 bits per heavy atom. The average molecular weight is 312 g/mol. The van der Waals surface area contributed by atoms with E-state index >= 15 is 0 Å². The first kappa shape index (κ1) is 15.0. The number of nitrogens with one attached hydrogen (secondary N) is 1. The van der Waals surface area contributed by atoms with Gasteiger partial charge in [-0.25, -0.2) is 8.42 Å². The van der Waals surface area contributed by atoms with Crippen LogP contribution in [0.25, 0.3) is 0 Å². The first-order chi connectivity index (χ1) is 10.1. The van der Waals surface area contributed by atoms with Gasteiger partial charge >= 0.3 is 0 Å². The molecule has 0 radical (unpaired) electrons. The monoisotopic (exact) mass is 312 g/mol. The number of aryl methyl sites for hydroxylation is 1. The Morgan fingerprint density at radius 1 is 1.14 bits per heavy atom. The van der Waals surface area contributed by atoms with Gasteiger partial charge in [-0.2, -0.15) is 9.40 Å². The Bertz CT molecular complexity index is 570. The predicted molar refractivity (Wildman–Crippen MR) is 80.5 cm³/mol. The number of aromatic amines is 1. The molecule has 1 aromatic rings. The van der Waals surface area contributed by atoms with Crippen LogP contribution in [0.5, 0.6) is 0 Å². The van der Waals surface area contributed by atoms with Crippen LogP contribution in [0.4, 0.5) is 0 Å². The highest BCUT2D eigenvalue weighted by molar-refractivity contribution is 7.89. The lowest BCUT2D eigenvalue weighted by molar-refractivity contribution is 0.118. The van der Waals surface area contributed by atoms with Gasteiger partial charge in [0.05, 0.1) is 11.9 Å². The van der Waals surface area contributed by atoms with Gasteiger partial charge in [0.25, 0.3) is 0 Å². The molecular formula is C14H24N4O2S. The summed E-state index contributed by atoms with van der Waals surface area (Å²) < 4.78 is 26.8. The zero-order chi connectivity index (χ0) is 14.9. The number of rotatable bonds is 3. The Kier molecular flexibility index (Phi) is 4.33. The molecule has 2 aliphatic rings. The van der Waals surface area contributed by atoms with E-state index in [1.54, 1.807) is 11.2 Å². The molecule has 0 bridgehead atoms. The minimum absolute atomic E-state index is 0.318. The second kappa shape index (κ2) is 6.06. The first-order valence-electron chi connectivity index (χ1n) is 7.83. The number of nitrogens with zero attached hydrogens (tertiary/aromatic N) is 3. The molecule has 0 aliphatic carbocycles. The van der Waals surface area contributed by atoms with Gasteiger partial charge in [-0.15, -0.1) is 0 Å². The van der Waals surface area contributed by atoms with Crippen molar-refractivity contribution in [1.82, 2.24) is 19.4 Å². The first-order valence-corrected chi connectivity index (χ1v) is 9.27. The van der Waals surface area contributed by atoms with Gasteiger partial charge in [0, 0.05) is 19.1 Å². The summed E-state index contributed by atoms with van der Waals surface area (Å²) in [6, 6.07) is 0.558. The van der Waals surface area contributed by atoms with E-state index in [1.165, 1.54) is 38.5 Å². The summed E-state index contributed by atoms with van der Waals surface area (Å²) in [5.41, 5.74) is 0.619. The number of H-pyrrole nitrogens is 1. The second-order valence-corrected chi connectivity index (χ2v) is 8.00. The molecule has 6 nitrogen and oxygen atoms in total. The van der Waals surface area contributed by atoms with Crippen molar-refractivity contribution in [2.75, 3.05) is 26.2 Å². The van der Waals surface area contributed by atoms with Crippen molar-refractivity contribution >= 4 is 10.0 Å². The lowest BCUT2D eigenvalue weighted by Gasteiger charge is -2.39. The molecule has 2 fully saturated rings. The molecule has 0 aromatic carbocycles. The number of piperidine rings is 2. The van der Waals surface area contributed by atoms with Gasteiger partial charge in [-0.3, -0.25) is 5.10 Å². The molecule has 1 aromatic heterocycles. The van der Waals surface area contributed by atoms with E-state index in [1.807, 2.05) is 0 Å². The van der Waals surface area contributed by atoms with E-state index in [2.05, 4.69) is 15.1 Å². The number of aromatic nitrogens is 2. The van der Waals surface area contributed by atoms with Crippen molar-refractivity contribution in [3.05, 3.63) is 11.9 Å². The highest BCUT2D eigenvalue weighted by atomic mass is 32.2. The Morgan fingerprint density at radius 3 is 2.38 bits per heavy atom. The van der Waals surface area contributed by atoms with E-state index in [-0.39, 0.29) is 0 Å². The topological polar surface area (TPSA) is 69.3 Å². The van der Waals surface area contributed by atoms with Gasteiger partial charge in [-0.1, -0.05) is 6.42 Å². The smallest absolute Gasteiger partial charge is 0.246 e. The second-order valence-electron chi connectivity index (χ2n) is 6.09. The Hall–Kier alpha value is -0.920. The molecule has 0 amide bonds. The molecule has 2 saturated heterocycles. The number of hydrogen-bond donors (Lipinski definition) is 1. The largest absolute Gasteiger partial charge is 0.300 e. The molecule has 7 heteroatoms. The molecule has 1 N–H and O–H groups in total. The molecular weight excluding hydrogens is 288 g/mol. The van der Waals surface area contributed by atoms with Crippen molar-refractivity contribution in [3.8, 4) is 0 Å². The number of likely N-dealkylation sites (tertiary alicyclic amines) is 1. The molecule has 0 atom stereocenters. The third kappa shape index (κ3) is 3.00. The lowest BCUT2D eigenvalue weighted by Crippen LogP contribution is -2.48. The molecule has 118 valence electrons. The van der Waals surface area contributed by atoms with Crippen LogP contribution in [0.1, 0.15) is 37.8 Å². The van der Waals surface area contributed by atoms with Crippen LogP contribution in [0.2, 0.25) is 0 Å². The standard InChI is InChI=1S/C14H24N4O2S/c1-12-14(11-15-16-12)21(19,20)18-9-5-13(6-10-18)17-7-3-2-4-8-17/h11,13H,2-10H2,1H3,(H,15,16). The minimum atomic E-state index is -3.38. The van der Waals surface area contributed by atoms with Crippen molar-refractivity contribution in [3.63, 3.8) is 0 Å². The summed E-state index contributed by atoms with van der Waals surface area (Å²) in [5.74, 6) is 0. The van der Waals surface area contributed by atoms with Crippen LogP contribution in [-0.4, -0.2) is 60.0 Å². The van der Waals surface area contributed by atoms with E-state index in [9.17, 15) is 8.42 Å². The lowest BCUT2D eigenvalue weighted by atomic mass is 10.0. The van der Waals surface area contributed by atoms with Crippen molar-refractivity contribution in [2.45, 2.75) is 50.0 Å². The van der Waals surface area contributed by atoms with E-state index < -0.39 is 10.0 Å². The fourth-order valence-corrected chi connectivity index (χ4v) is 5.06. The highest BCUT2D eigenvalue weighted by Crippen LogP contribution is 2.25. The summed E-state index contributed by atoms with van der Waals surface area (Å²) in [5, 5.41) is 6.54. The van der Waals surface area contributed by atoms with Crippen molar-refractivity contribution < 1.29 is 8.42 Å². The fourth-order valence-electron chi connectivity index (χ4n) is 3.47. The maximum absolute atomic E-state index is 12.6. The van der Waals surface area contributed by atoms with Gasteiger partial charge in [0.15, 0.2) is 0 Å². The van der Waals surface area contributed by atoms with Crippen LogP contribution in [0.15, 0.2) is 11.1 Å². The van der Waals surface area contributed by atoms with Crippen LogP contribution in [0.3, 0.4) is 0 Å². The van der Waals surface area contributed by atoms with Crippen molar-refractivity contribution in [1.29, 1.82) is 0 Å². The Balaban J connectivity index is 1.64. The summed E-state index contributed by atoms with van der Waals surface area (Å²) in [4.78, 5) is 2.87. The summed E-state index contributed by atoms with van der Waals surface area (Å²) in [6.07, 6.45) is 7.20. The van der Waals surface area contributed by atoms with E-state index in [4.69, 9.17) is 0 Å². The molecule has 21 heavy (non-hydrogen) atoms. The van der Waals surface area contributed by atoms with Crippen LogP contribution < -0.4 is 0 Å². The average Bonchev–Trinajstić information content (AvgIpc) is 2.95. The minimum Gasteiger partial charge on any atom is -0.300 e. The molecule has 0 spiro atoms. The third-order valence-corrected chi connectivity index (χ3v) is 6.74. The van der Waals surface area contributed by atoms with Crippen LogP contribution in [0, 0.1) is 6.92 Å². The maximum Gasteiger partial charge on any atom is 0.246 e. The van der Waals surface area contributed by atoms with E-state index in [0.29, 0.717) is 29.7 Å². The molecule has 3 rings (SSSR count). The summed E-state index contributed by atoms with van der Waals surface area (Å²) in [7, 11) is -3.38. The SMILES string of the molecule is Cc1[nH]ncc1S(=O)(=O)N1CCC(N2CCCCC2)CC1. The predicted octanol–water partition coefficient (Wildman–Crippen LogP) is 1.36. The zero-order valence-corrected chi connectivity index (χ0v) is 13.4. The highest BCUT2D eigenvalue weighted by Gasteiger charge is 2.33. The normalized spacial score (nSPS) is 23.5. The van der Waals surface area contributed by atoms with Gasteiger partial charge in [0.1, 0.15) is 4.90 Å². The van der Waals surface area contributed by atoms with Gasteiger partial charge in [-0.05, 0) is 45.7 Å². The van der Waals surface area contributed by atoms with Crippen LogP contribution in [-0.2, 0) is 10.0 Å². The Labute approximate surface area is 126 Å². The third-order valence-electron chi connectivity index (χ3n) is 4.73. The zero-order valence-electron chi connectivity index (χ0n) is 12.6. The number of sulfonamides is 1. The quantitative estimate of drug-likeness (QED) is 0.915. The van der Waals surface area contributed by atoms with Gasteiger partial charge in [0.2, 0.25) is 10.0 Å². The molecule has 3 heterocycles. The summed E-state index contributed by atoms with van der Waals surface area (Å²) in [6.45, 7) is 5.35.